The van der Waals surface area contributed by atoms with Crippen LogP contribution in [-0.4, -0.2) is 40.8 Å². The van der Waals surface area contributed by atoms with Gasteiger partial charge in [0.15, 0.2) is 5.16 Å². The zero-order valence-electron chi connectivity index (χ0n) is 12.3. The summed E-state index contributed by atoms with van der Waals surface area (Å²) in [5, 5.41) is 6.93. The van der Waals surface area contributed by atoms with Crippen LogP contribution in [0, 0.1) is 5.92 Å². The van der Waals surface area contributed by atoms with Crippen molar-refractivity contribution in [1.29, 1.82) is 0 Å². The summed E-state index contributed by atoms with van der Waals surface area (Å²) in [5.41, 5.74) is -0.0650. The number of aromatic nitrogens is 2. The highest BCUT2D eigenvalue weighted by Crippen LogP contribution is 2.20. The molecule has 0 radical (unpaired) electrons. The summed E-state index contributed by atoms with van der Waals surface area (Å²) < 4.78 is 1.59. The van der Waals surface area contributed by atoms with Crippen LogP contribution in [0.4, 0.5) is 0 Å². The second-order valence-electron chi connectivity index (χ2n) is 5.52. The third kappa shape index (κ3) is 3.83. The van der Waals surface area contributed by atoms with Gasteiger partial charge >= 0.3 is 0 Å². The molecule has 0 spiro atoms. The molecule has 2 aliphatic rings. The lowest BCUT2D eigenvalue weighted by atomic mass is 9.96. The zero-order chi connectivity index (χ0) is 14.7. The largest absolute Gasteiger partial charge is 0.352 e. The lowest BCUT2D eigenvalue weighted by molar-refractivity contribution is 0.0947. The minimum atomic E-state index is -0.302. The first-order valence-corrected chi connectivity index (χ1v) is 8.46. The minimum Gasteiger partial charge on any atom is -0.352 e. The lowest BCUT2D eigenvalue weighted by Crippen LogP contribution is -2.36. The van der Waals surface area contributed by atoms with Crippen molar-refractivity contribution in [1.82, 2.24) is 20.2 Å². The summed E-state index contributed by atoms with van der Waals surface area (Å²) >= 11 is 1.55. The van der Waals surface area contributed by atoms with Gasteiger partial charge in [0.1, 0.15) is 5.56 Å². The fourth-order valence-corrected chi connectivity index (χ4v) is 3.74. The van der Waals surface area contributed by atoms with Crippen LogP contribution < -0.4 is 16.2 Å². The molecule has 8 heteroatoms. The smallest absolute Gasteiger partial charge is 0.267 e. The molecule has 2 N–H and O–H groups in total. The SMILES string of the molecule is Cl.O=C(NCCC1CCCNC1)c1cnc2n(c1=O)CCS2. The molecule has 2 aliphatic heterocycles. The number of carbonyl (C=O) groups excluding carboxylic acids is 1. The molecule has 3 rings (SSSR count). The zero-order valence-corrected chi connectivity index (χ0v) is 14.0. The molecule has 0 aromatic carbocycles. The van der Waals surface area contributed by atoms with Gasteiger partial charge < -0.3 is 10.6 Å². The van der Waals surface area contributed by atoms with Crippen molar-refractivity contribution < 1.29 is 4.79 Å². The van der Waals surface area contributed by atoms with Crippen LogP contribution in [0.3, 0.4) is 0 Å². The molecule has 1 saturated heterocycles. The maximum atomic E-state index is 12.2. The molecule has 1 fully saturated rings. The maximum Gasteiger partial charge on any atom is 0.267 e. The third-order valence-corrected chi connectivity index (χ3v) is 5.01. The number of nitrogens with zero attached hydrogens (tertiary/aromatic N) is 2. The monoisotopic (exact) mass is 344 g/mol. The van der Waals surface area contributed by atoms with Gasteiger partial charge in [-0.25, -0.2) is 4.98 Å². The van der Waals surface area contributed by atoms with E-state index in [9.17, 15) is 9.59 Å². The molecule has 22 heavy (non-hydrogen) atoms. The summed E-state index contributed by atoms with van der Waals surface area (Å²) in [6.45, 7) is 3.37. The van der Waals surface area contributed by atoms with Gasteiger partial charge in [0.05, 0.1) is 0 Å². The summed E-state index contributed by atoms with van der Waals surface area (Å²) in [6, 6.07) is 0. The first-order chi connectivity index (χ1) is 10.3. The second kappa shape index (κ2) is 7.99. The van der Waals surface area contributed by atoms with Crippen molar-refractivity contribution >= 4 is 30.1 Å². The van der Waals surface area contributed by atoms with E-state index in [4.69, 9.17) is 0 Å². The average molecular weight is 345 g/mol. The number of thioether (sulfide) groups is 1. The Morgan fingerprint density at radius 1 is 1.55 bits per heavy atom. The fraction of sp³-hybridized carbons (Fsp3) is 0.643. The van der Waals surface area contributed by atoms with Crippen molar-refractivity contribution in [3.63, 3.8) is 0 Å². The number of halogens is 1. The topological polar surface area (TPSA) is 76.0 Å². The van der Waals surface area contributed by atoms with Crippen LogP contribution in [0.1, 0.15) is 29.6 Å². The molecule has 1 aromatic heterocycles. The molecule has 3 heterocycles. The van der Waals surface area contributed by atoms with Crippen LogP contribution in [0.2, 0.25) is 0 Å². The standard InChI is InChI=1S/C14H20N4O2S.ClH/c19-12(16-5-3-10-2-1-4-15-8-10)11-9-17-14-18(13(11)20)6-7-21-14;/h9-10,15H,1-8H2,(H,16,19);1H. The Balaban J connectivity index is 0.00000176. The summed E-state index contributed by atoms with van der Waals surface area (Å²) in [6.07, 6.45) is 4.77. The van der Waals surface area contributed by atoms with Crippen LogP contribution in [0.5, 0.6) is 0 Å². The van der Waals surface area contributed by atoms with Gasteiger partial charge in [0, 0.05) is 25.0 Å². The van der Waals surface area contributed by atoms with Gasteiger partial charge in [-0.15, -0.1) is 12.4 Å². The van der Waals surface area contributed by atoms with Gasteiger partial charge in [0.2, 0.25) is 0 Å². The molecule has 122 valence electrons. The lowest BCUT2D eigenvalue weighted by Gasteiger charge is -2.22. The normalized spacial score (nSPS) is 20.1. The molecular formula is C14H21ClN4O2S. The van der Waals surface area contributed by atoms with E-state index >= 15 is 0 Å². The van der Waals surface area contributed by atoms with Crippen LogP contribution in [0.15, 0.2) is 16.1 Å². The van der Waals surface area contributed by atoms with E-state index in [-0.39, 0.29) is 29.4 Å². The number of carbonyl (C=O) groups is 1. The summed E-state index contributed by atoms with van der Waals surface area (Å²) in [4.78, 5) is 28.5. The van der Waals surface area contributed by atoms with Gasteiger partial charge in [-0.1, -0.05) is 11.8 Å². The van der Waals surface area contributed by atoms with E-state index in [1.54, 1.807) is 16.3 Å². The van der Waals surface area contributed by atoms with E-state index in [0.29, 0.717) is 24.2 Å². The maximum absolute atomic E-state index is 12.2. The Morgan fingerprint density at radius 2 is 2.41 bits per heavy atom. The van der Waals surface area contributed by atoms with Crippen LogP contribution in [-0.2, 0) is 6.54 Å². The highest BCUT2D eigenvalue weighted by atomic mass is 35.5. The van der Waals surface area contributed by atoms with E-state index < -0.39 is 0 Å². The Morgan fingerprint density at radius 3 is 3.18 bits per heavy atom. The fourth-order valence-electron chi connectivity index (χ4n) is 2.83. The third-order valence-electron chi connectivity index (χ3n) is 4.04. The number of nitrogens with one attached hydrogen (secondary N) is 2. The molecule has 1 atom stereocenters. The Kier molecular flexibility index (Phi) is 6.28. The van der Waals surface area contributed by atoms with Crippen molar-refractivity contribution in [2.45, 2.75) is 31.0 Å². The Bertz CT molecular complexity index is 587. The predicted molar refractivity (Wildman–Crippen MR) is 89.0 cm³/mol. The van der Waals surface area contributed by atoms with Crippen LogP contribution in [0.25, 0.3) is 0 Å². The van der Waals surface area contributed by atoms with E-state index in [2.05, 4.69) is 15.6 Å². The first kappa shape index (κ1) is 17.3. The van der Waals surface area contributed by atoms with E-state index in [1.807, 2.05) is 0 Å². The molecule has 1 aromatic rings. The molecule has 6 nitrogen and oxygen atoms in total. The molecule has 0 bridgehead atoms. The number of hydrogen-bond acceptors (Lipinski definition) is 5. The molecular weight excluding hydrogens is 324 g/mol. The number of amides is 1. The molecule has 1 unspecified atom stereocenters. The molecule has 0 aliphatic carbocycles. The number of fused-ring (bicyclic) bond motifs is 1. The van der Waals surface area contributed by atoms with Crippen molar-refractivity contribution in [3.05, 3.63) is 22.1 Å². The summed E-state index contributed by atoms with van der Waals surface area (Å²) in [7, 11) is 0. The van der Waals surface area contributed by atoms with E-state index in [1.165, 1.54) is 19.0 Å². The van der Waals surface area contributed by atoms with Crippen molar-refractivity contribution in [2.75, 3.05) is 25.4 Å². The summed E-state index contributed by atoms with van der Waals surface area (Å²) in [5.74, 6) is 1.17. The minimum absolute atomic E-state index is 0. The van der Waals surface area contributed by atoms with Gasteiger partial charge in [0.25, 0.3) is 11.5 Å². The van der Waals surface area contributed by atoms with Gasteiger partial charge in [-0.3, -0.25) is 14.2 Å². The Hall–Kier alpha value is -1.05. The average Bonchev–Trinajstić information content (AvgIpc) is 2.98. The second-order valence-corrected chi connectivity index (χ2v) is 6.58. The van der Waals surface area contributed by atoms with Gasteiger partial charge in [-0.2, -0.15) is 0 Å². The molecule has 0 saturated carbocycles. The highest BCUT2D eigenvalue weighted by molar-refractivity contribution is 7.99. The predicted octanol–water partition coefficient (Wildman–Crippen LogP) is 0.890. The van der Waals surface area contributed by atoms with Gasteiger partial charge in [-0.05, 0) is 38.3 Å². The Labute approximate surface area is 139 Å². The number of hydrogen-bond donors (Lipinski definition) is 2. The quantitative estimate of drug-likeness (QED) is 0.793. The van der Waals surface area contributed by atoms with E-state index in [0.717, 1.165) is 25.3 Å². The van der Waals surface area contributed by atoms with Crippen molar-refractivity contribution in [2.24, 2.45) is 5.92 Å². The van der Waals surface area contributed by atoms with Crippen LogP contribution >= 0.6 is 24.2 Å². The number of rotatable bonds is 4. The number of piperidine rings is 1. The highest BCUT2D eigenvalue weighted by Gasteiger charge is 2.20. The molecule has 1 amide bonds. The first-order valence-electron chi connectivity index (χ1n) is 7.47. The van der Waals surface area contributed by atoms with Crippen molar-refractivity contribution in [3.8, 4) is 0 Å².